The molecule has 5 heteroatoms. The molecule has 0 spiro atoms. The van der Waals surface area contributed by atoms with Gasteiger partial charge in [0.05, 0.1) is 12.6 Å². The molecule has 0 radical (unpaired) electrons. The molecule has 1 aromatic heterocycles. The molecule has 0 saturated carbocycles. The zero-order valence-corrected chi connectivity index (χ0v) is 6.94. The Hall–Kier alpha value is -1.41. The summed E-state index contributed by atoms with van der Waals surface area (Å²) in [6.07, 6.45) is 3.06. The summed E-state index contributed by atoms with van der Waals surface area (Å²) in [5.74, 6) is 0. The molecular weight excluding hydrogens is 154 g/mol. The van der Waals surface area contributed by atoms with E-state index in [2.05, 4.69) is 21.5 Å². The predicted molar refractivity (Wildman–Crippen MR) is 43.1 cm³/mol. The van der Waals surface area contributed by atoms with Gasteiger partial charge in [-0.25, -0.2) is 4.98 Å². The van der Waals surface area contributed by atoms with Crippen LogP contribution in [0.15, 0.2) is 12.7 Å². The van der Waals surface area contributed by atoms with Gasteiger partial charge < -0.3 is 5.32 Å². The van der Waals surface area contributed by atoms with Gasteiger partial charge in [0.25, 0.3) is 0 Å². The Morgan fingerprint density at radius 1 is 1.75 bits per heavy atom. The highest BCUT2D eigenvalue weighted by Gasteiger charge is 2.05. The first-order valence-electron chi connectivity index (χ1n) is 3.82. The maximum Gasteiger partial charge on any atom is 0.137 e. The van der Waals surface area contributed by atoms with Gasteiger partial charge in [-0.15, -0.1) is 0 Å². The molecule has 0 aromatic carbocycles. The van der Waals surface area contributed by atoms with Crippen molar-refractivity contribution < 1.29 is 0 Å². The third-order valence-corrected chi connectivity index (χ3v) is 1.44. The molecule has 0 aliphatic rings. The van der Waals surface area contributed by atoms with E-state index in [1.165, 1.54) is 6.33 Å². The Bertz CT molecular complexity index is 247. The molecule has 1 unspecified atom stereocenters. The van der Waals surface area contributed by atoms with Crippen molar-refractivity contribution in [3.63, 3.8) is 0 Å². The van der Waals surface area contributed by atoms with E-state index in [-0.39, 0.29) is 6.04 Å². The van der Waals surface area contributed by atoms with Crippen LogP contribution in [-0.4, -0.2) is 27.4 Å². The topological polar surface area (TPSA) is 66.5 Å². The van der Waals surface area contributed by atoms with Crippen LogP contribution < -0.4 is 5.32 Å². The summed E-state index contributed by atoms with van der Waals surface area (Å²) in [6.45, 7) is 3.29. The van der Waals surface area contributed by atoms with Crippen LogP contribution in [0.3, 0.4) is 0 Å². The first-order valence-corrected chi connectivity index (χ1v) is 3.82. The van der Waals surface area contributed by atoms with Crippen molar-refractivity contribution in [2.45, 2.75) is 19.5 Å². The standard InChI is InChI=1S/C7H11N5/c1-2-10-7(3-8)4-12-6-9-5-11-12/h5-7,10H,2,4H2,1H3. The number of nitriles is 1. The molecule has 0 aliphatic heterocycles. The fourth-order valence-electron chi connectivity index (χ4n) is 0.911. The lowest BCUT2D eigenvalue weighted by atomic mass is 10.3. The average molecular weight is 165 g/mol. The van der Waals surface area contributed by atoms with Crippen molar-refractivity contribution >= 4 is 0 Å². The summed E-state index contributed by atoms with van der Waals surface area (Å²) in [7, 11) is 0. The molecule has 12 heavy (non-hydrogen) atoms. The summed E-state index contributed by atoms with van der Waals surface area (Å²) in [4.78, 5) is 3.78. The van der Waals surface area contributed by atoms with E-state index in [9.17, 15) is 0 Å². The van der Waals surface area contributed by atoms with Gasteiger partial charge >= 0.3 is 0 Å². The Labute approximate surface area is 71.0 Å². The van der Waals surface area contributed by atoms with Gasteiger partial charge in [-0.3, -0.25) is 4.68 Å². The summed E-state index contributed by atoms with van der Waals surface area (Å²) in [6, 6.07) is 1.96. The second kappa shape index (κ2) is 4.46. The third kappa shape index (κ3) is 2.32. The van der Waals surface area contributed by atoms with Gasteiger partial charge in [0.2, 0.25) is 0 Å². The molecule has 1 aromatic rings. The van der Waals surface area contributed by atoms with Gasteiger partial charge in [-0.2, -0.15) is 10.4 Å². The zero-order chi connectivity index (χ0) is 8.81. The fraction of sp³-hybridized carbons (Fsp3) is 0.571. The van der Waals surface area contributed by atoms with Crippen LogP contribution in [0.4, 0.5) is 0 Å². The Balaban J connectivity index is 2.44. The second-order valence-corrected chi connectivity index (χ2v) is 2.36. The molecule has 64 valence electrons. The van der Waals surface area contributed by atoms with E-state index < -0.39 is 0 Å². The van der Waals surface area contributed by atoms with Gasteiger partial charge in [0.1, 0.15) is 18.7 Å². The summed E-state index contributed by atoms with van der Waals surface area (Å²) in [5.41, 5.74) is 0. The van der Waals surface area contributed by atoms with Crippen molar-refractivity contribution in [3.8, 4) is 6.07 Å². The van der Waals surface area contributed by atoms with E-state index in [4.69, 9.17) is 5.26 Å². The summed E-state index contributed by atoms with van der Waals surface area (Å²) >= 11 is 0. The minimum atomic E-state index is -0.184. The molecular formula is C7H11N5. The number of hydrogen-bond donors (Lipinski definition) is 1. The van der Waals surface area contributed by atoms with Crippen molar-refractivity contribution in [2.24, 2.45) is 0 Å². The number of hydrogen-bond acceptors (Lipinski definition) is 4. The molecule has 0 saturated heterocycles. The number of nitrogens with one attached hydrogen (secondary N) is 1. The number of rotatable bonds is 4. The fourth-order valence-corrected chi connectivity index (χ4v) is 0.911. The highest BCUT2D eigenvalue weighted by Crippen LogP contribution is 1.87. The molecule has 0 aliphatic carbocycles. The van der Waals surface area contributed by atoms with E-state index >= 15 is 0 Å². The number of nitrogens with zero attached hydrogens (tertiary/aromatic N) is 4. The summed E-state index contributed by atoms with van der Waals surface area (Å²) < 4.78 is 1.64. The quantitative estimate of drug-likeness (QED) is 0.669. The molecule has 0 fully saturated rings. The van der Waals surface area contributed by atoms with Gasteiger partial charge in [0, 0.05) is 0 Å². The van der Waals surface area contributed by atoms with Crippen LogP contribution in [0.25, 0.3) is 0 Å². The monoisotopic (exact) mass is 165 g/mol. The van der Waals surface area contributed by atoms with Gasteiger partial charge in [-0.1, -0.05) is 6.92 Å². The molecule has 0 bridgehead atoms. The first kappa shape index (κ1) is 8.68. The molecule has 1 heterocycles. The van der Waals surface area contributed by atoms with Crippen molar-refractivity contribution in [1.29, 1.82) is 5.26 Å². The van der Waals surface area contributed by atoms with Crippen LogP contribution >= 0.6 is 0 Å². The first-order chi connectivity index (χ1) is 5.86. The van der Waals surface area contributed by atoms with E-state index in [1.54, 1.807) is 11.0 Å². The minimum Gasteiger partial charge on any atom is -0.301 e. The maximum atomic E-state index is 8.68. The smallest absolute Gasteiger partial charge is 0.137 e. The predicted octanol–water partition coefficient (Wildman–Crippen LogP) is -0.220. The molecule has 1 rings (SSSR count). The highest BCUT2D eigenvalue weighted by atomic mass is 15.3. The lowest BCUT2D eigenvalue weighted by molar-refractivity contribution is 0.500. The Morgan fingerprint density at radius 3 is 3.08 bits per heavy atom. The van der Waals surface area contributed by atoms with Crippen LogP contribution in [0.2, 0.25) is 0 Å². The number of aromatic nitrogens is 3. The van der Waals surface area contributed by atoms with E-state index in [0.29, 0.717) is 6.54 Å². The van der Waals surface area contributed by atoms with Crippen molar-refractivity contribution in [3.05, 3.63) is 12.7 Å². The van der Waals surface area contributed by atoms with Gasteiger partial charge in [0.15, 0.2) is 0 Å². The zero-order valence-electron chi connectivity index (χ0n) is 6.94. The maximum absolute atomic E-state index is 8.68. The van der Waals surface area contributed by atoms with Gasteiger partial charge in [-0.05, 0) is 6.54 Å². The van der Waals surface area contributed by atoms with Crippen LogP contribution in [-0.2, 0) is 6.54 Å². The minimum absolute atomic E-state index is 0.184. The Morgan fingerprint density at radius 2 is 2.58 bits per heavy atom. The lowest BCUT2D eigenvalue weighted by Gasteiger charge is -2.08. The third-order valence-electron chi connectivity index (χ3n) is 1.44. The SMILES string of the molecule is CCNC(C#N)Cn1cncn1. The van der Waals surface area contributed by atoms with Crippen molar-refractivity contribution in [1.82, 2.24) is 20.1 Å². The van der Waals surface area contributed by atoms with Crippen LogP contribution in [0.1, 0.15) is 6.92 Å². The normalized spacial score (nSPS) is 12.3. The molecule has 0 amide bonds. The average Bonchev–Trinajstić information content (AvgIpc) is 2.56. The second-order valence-electron chi connectivity index (χ2n) is 2.36. The Kier molecular flexibility index (Phi) is 3.23. The number of likely N-dealkylation sites (N-methyl/N-ethyl adjacent to an activating group) is 1. The largest absolute Gasteiger partial charge is 0.301 e. The lowest BCUT2D eigenvalue weighted by Crippen LogP contribution is -2.31. The highest BCUT2D eigenvalue weighted by molar-refractivity contribution is 4.88. The molecule has 1 N–H and O–H groups in total. The molecule has 1 atom stereocenters. The van der Waals surface area contributed by atoms with Crippen molar-refractivity contribution in [2.75, 3.05) is 6.54 Å². The van der Waals surface area contributed by atoms with Crippen LogP contribution in [0, 0.1) is 11.3 Å². The molecule has 5 nitrogen and oxygen atoms in total. The van der Waals surface area contributed by atoms with Crippen LogP contribution in [0.5, 0.6) is 0 Å². The summed E-state index contributed by atoms with van der Waals surface area (Å²) in [5, 5.41) is 15.6. The van der Waals surface area contributed by atoms with E-state index in [1.807, 2.05) is 6.92 Å². The van der Waals surface area contributed by atoms with E-state index in [0.717, 1.165) is 6.54 Å².